The minimum absolute atomic E-state index is 0.0716. The first-order valence-electron chi connectivity index (χ1n) is 6.16. The van der Waals surface area contributed by atoms with E-state index in [1.807, 2.05) is 0 Å². The number of halogens is 4. The molecular weight excluding hydrogens is 341 g/mol. The van der Waals surface area contributed by atoms with Crippen LogP contribution in [-0.2, 0) is 6.54 Å². The van der Waals surface area contributed by atoms with Gasteiger partial charge in [-0.1, -0.05) is 0 Å². The van der Waals surface area contributed by atoms with Gasteiger partial charge < -0.3 is 10.6 Å². The summed E-state index contributed by atoms with van der Waals surface area (Å²) >= 11 is 3.04. The van der Waals surface area contributed by atoms with Crippen LogP contribution in [0.25, 0.3) is 0 Å². The van der Waals surface area contributed by atoms with Gasteiger partial charge in [-0.05, 0) is 35.3 Å². The third-order valence-corrected chi connectivity index (χ3v) is 3.74. The van der Waals surface area contributed by atoms with E-state index < -0.39 is 18.3 Å². The predicted molar refractivity (Wildman–Crippen MR) is 71.8 cm³/mol. The van der Waals surface area contributed by atoms with Crippen molar-refractivity contribution in [2.75, 3.05) is 18.4 Å². The molecule has 1 atom stereocenters. The van der Waals surface area contributed by atoms with Crippen LogP contribution in [0.2, 0.25) is 0 Å². The zero-order chi connectivity index (χ0) is 14.8. The number of hydrogen-bond donors (Lipinski definition) is 2. The number of piperidine rings is 1. The van der Waals surface area contributed by atoms with Crippen LogP contribution in [0.5, 0.6) is 0 Å². The molecule has 1 aliphatic rings. The maximum Gasteiger partial charge on any atom is 0.408 e. The number of rotatable bonds is 3. The van der Waals surface area contributed by atoms with Crippen molar-refractivity contribution in [2.45, 2.75) is 31.6 Å². The topological polar surface area (TPSA) is 59.0 Å². The molecule has 2 rings (SSSR count). The number of aromatic nitrogens is 2. The van der Waals surface area contributed by atoms with Crippen molar-refractivity contribution in [1.82, 2.24) is 15.1 Å². The van der Waals surface area contributed by atoms with Crippen molar-refractivity contribution in [3.63, 3.8) is 0 Å². The quantitative estimate of drug-likeness (QED) is 0.867. The van der Waals surface area contributed by atoms with Crippen LogP contribution in [0.1, 0.15) is 12.8 Å². The molecule has 1 aromatic rings. The monoisotopic (exact) mass is 354 g/mol. The summed E-state index contributed by atoms with van der Waals surface area (Å²) in [6, 6.07) is 0.139. The van der Waals surface area contributed by atoms with E-state index in [4.69, 9.17) is 0 Å². The Labute approximate surface area is 121 Å². The highest BCUT2D eigenvalue weighted by molar-refractivity contribution is 9.10. The van der Waals surface area contributed by atoms with Crippen LogP contribution in [0.3, 0.4) is 0 Å². The minimum Gasteiger partial charge on any atom is -0.379 e. The summed E-state index contributed by atoms with van der Waals surface area (Å²) in [6.07, 6.45) is -1.29. The smallest absolute Gasteiger partial charge is 0.379 e. The molecule has 1 aliphatic heterocycles. The highest BCUT2D eigenvalue weighted by Crippen LogP contribution is 2.21. The number of nitrogens with one attached hydrogen (secondary N) is 2. The van der Waals surface area contributed by atoms with Gasteiger partial charge in [-0.2, -0.15) is 18.3 Å². The summed E-state index contributed by atoms with van der Waals surface area (Å²) in [7, 11) is 0. The molecule has 1 fully saturated rings. The Hall–Kier alpha value is -1.09. The maximum atomic E-state index is 12.3. The van der Waals surface area contributed by atoms with Crippen LogP contribution in [0, 0.1) is 0 Å². The van der Waals surface area contributed by atoms with E-state index in [1.54, 1.807) is 0 Å². The Bertz CT molecular complexity index is 525. The van der Waals surface area contributed by atoms with E-state index in [0.717, 1.165) is 25.9 Å². The first-order valence-corrected chi connectivity index (χ1v) is 6.96. The Morgan fingerprint density at radius 2 is 2.30 bits per heavy atom. The lowest BCUT2D eigenvalue weighted by Crippen LogP contribution is -2.39. The fourth-order valence-electron chi connectivity index (χ4n) is 2.04. The summed E-state index contributed by atoms with van der Waals surface area (Å²) < 4.78 is 37.3. The van der Waals surface area contributed by atoms with Gasteiger partial charge in [0.25, 0.3) is 5.56 Å². The fourth-order valence-corrected chi connectivity index (χ4v) is 2.46. The molecule has 0 amide bonds. The Balaban J connectivity index is 2.15. The molecule has 1 saturated heterocycles. The van der Waals surface area contributed by atoms with E-state index in [0.29, 0.717) is 10.4 Å². The molecule has 112 valence electrons. The molecule has 0 aromatic carbocycles. The summed E-state index contributed by atoms with van der Waals surface area (Å²) in [5.41, 5.74) is -0.377. The number of alkyl halides is 3. The van der Waals surface area contributed by atoms with Gasteiger partial charge >= 0.3 is 6.18 Å². The Morgan fingerprint density at radius 1 is 1.55 bits per heavy atom. The molecule has 1 aromatic heterocycles. The number of hydrogen-bond acceptors (Lipinski definition) is 4. The minimum atomic E-state index is -4.47. The standard InChI is InChI=1S/C11H14BrF3N4O/c12-9-8(18-7-2-1-3-16-4-7)5-17-19(10(9)20)6-11(13,14)15/h5,7,16,18H,1-4,6H2. The molecule has 0 aliphatic carbocycles. The van der Waals surface area contributed by atoms with Gasteiger partial charge in [0.2, 0.25) is 0 Å². The number of anilines is 1. The molecule has 0 radical (unpaired) electrons. The van der Waals surface area contributed by atoms with E-state index in [2.05, 4.69) is 31.7 Å². The molecule has 1 unspecified atom stereocenters. The summed E-state index contributed by atoms with van der Waals surface area (Å²) in [4.78, 5) is 11.8. The SMILES string of the molecule is O=c1c(Br)c(NC2CCCNC2)cnn1CC(F)(F)F. The lowest BCUT2D eigenvalue weighted by atomic mass is 10.1. The zero-order valence-electron chi connectivity index (χ0n) is 10.5. The third-order valence-electron chi connectivity index (χ3n) is 2.97. The predicted octanol–water partition coefficient (Wildman–Crippen LogP) is 1.73. The van der Waals surface area contributed by atoms with Crippen molar-refractivity contribution in [1.29, 1.82) is 0 Å². The number of nitrogens with zero attached hydrogens (tertiary/aromatic N) is 2. The first-order chi connectivity index (χ1) is 9.37. The van der Waals surface area contributed by atoms with Gasteiger partial charge in [-0.15, -0.1) is 0 Å². The van der Waals surface area contributed by atoms with Crippen molar-refractivity contribution >= 4 is 21.6 Å². The molecule has 2 heterocycles. The van der Waals surface area contributed by atoms with Crippen LogP contribution < -0.4 is 16.2 Å². The molecule has 0 bridgehead atoms. The van der Waals surface area contributed by atoms with Crippen LogP contribution in [-0.4, -0.2) is 35.1 Å². The van der Waals surface area contributed by atoms with Crippen molar-refractivity contribution < 1.29 is 13.2 Å². The van der Waals surface area contributed by atoms with E-state index in [9.17, 15) is 18.0 Å². The van der Waals surface area contributed by atoms with Crippen LogP contribution >= 0.6 is 15.9 Å². The maximum absolute atomic E-state index is 12.3. The second-order valence-corrected chi connectivity index (χ2v) is 5.43. The van der Waals surface area contributed by atoms with E-state index >= 15 is 0 Å². The second-order valence-electron chi connectivity index (χ2n) is 4.64. The molecule has 0 spiro atoms. The van der Waals surface area contributed by atoms with Crippen LogP contribution in [0.4, 0.5) is 18.9 Å². The fraction of sp³-hybridized carbons (Fsp3) is 0.636. The molecule has 5 nitrogen and oxygen atoms in total. The Kier molecular flexibility index (Phi) is 4.69. The molecule has 2 N–H and O–H groups in total. The van der Waals surface area contributed by atoms with Gasteiger partial charge in [-0.3, -0.25) is 4.79 Å². The summed E-state index contributed by atoms with van der Waals surface area (Å²) in [5, 5.41) is 9.88. The lowest BCUT2D eigenvalue weighted by Gasteiger charge is -2.25. The summed E-state index contributed by atoms with van der Waals surface area (Å²) in [6.45, 7) is 0.304. The van der Waals surface area contributed by atoms with Crippen molar-refractivity contribution in [2.24, 2.45) is 0 Å². The van der Waals surface area contributed by atoms with Gasteiger partial charge in [0.15, 0.2) is 0 Å². The highest BCUT2D eigenvalue weighted by Gasteiger charge is 2.29. The molecular formula is C11H14BrF3N4O. The molecule has 9 heteroatoms. The van der Waals surface area contributed by atoms with Crippen molar-refractivity contribution in [3.8, 4) is 0 Å². The molecule has 0 saturated carbocycles. The average molecular weight is 355 g/mol. The zero-order valence-corrected chi connectivity index (χ0v) is 12.1. The lowest BCUT2D eigenvalue weighted by molar-refractivity contribution is -0.143. The van der Waals surface area contributed by atoms with Gasteiger partial charge in [0.1, 0.15) is 11.0 Å². The largest absolute Gasteiger partial charge is 0.408 e. The first kappa shape index (κ1) is 15.3. The van der Waals surface area contributed by atoms with E-state index in [1.165, 1.54) is 6.20 Å². The molecule has 20 heavy (non-hydrogen) atoms. The average Bonchev–Trinajstić information content (AvgIpc) is 2.38. The highest BCUT2D eigenvalue weighted by atomic mass is 79.9. The normalized spacial score (nSPS) is 19.9. The third kappa shape index (κ3) is 3.95. The second kappa shape index (κ2) is 6.13. The van der Waals surface area contributed by atoms with Gasteiger partial charge in [0.05, 0.1) is 11.9 Å². The van der Waals surface area contributed by atoms with Crippen LogP contribution in [0.15, 0.2) is 15.5 Å². The summed E-state index contributed by atoms with van der Waals surface area (Å²) in [5.74, 6) is 0. The van der Waals surface area contributed by atoms with Gasteiger partial charge in [-0.25, -0.2) is 4.68 Å². The van der Waals surface area contributed by atoms with E-state index in [-0.39, 0.29) is 10.5 Å². The van der Waals surface area contributed by atoms with Crippen molar-refractivity contribution in [3.05, 3.63) is 21.0 Å². The van der Waals surface area contributed by atoms with Gasteiger partial charge in [0, 0.05) is 12.6 Å². The Morgan fingerprint density at radius 3 is 2.90 bits per heavy atom.